The highest BCUT2D eigenvalue weighted by Crippen LogP contribution is 2.16. The zero-order valence-electron chi connectivity index (χ0n) is 11.1. The minimum absolute atomic E-state index is 0.167. The first kappa shape index (κ1) is 13.2. The van der Waals surface area contributed by atoms with Crippen LogP contribution < -0.4 is 0 Å². The van der Waals surface area contributed by atoms with Crippen LogP contribution in [0.3, 0.4) is 0 Å². The molecule has 0 saturated heterocycles. The second-order valence-corrected chi connectivity index (χ2v) is 4.42. The normalized spacial score (nSPS) is 12.4. The standard InChI is InChI=1S/C13H16N4O2/c1-9(2)19-13(18)11-7-14-8-17(11)10(3)12-15-5-4-6-16-12/h4-10H,1-3H3. The Morgan fingerprint density at radius 2 is 1.95 bits per heavy atom. The lowest BCUT2D eigenvalue weighted by molar-refractivity contribution is 0.0364. The first-order valence-corrected chi connectivity index (χ1v) is 6.09. The molecule has 0 aliphatic rings. The molecule has 0 aliphatic heterocycles. The smallest absolute Gasteiger partial charge is 0.356 e. The predicted octanol–water partition coefficient (Wildman–Crippen LogP) is 1.85. The zero-order chi connectivity index (χ0) is 13.8. The van der Waals surface area contributed by atoms with Gasteiger partial charge in [-0.05, 0) is 26.8 Å². The second kappa shape index (κ2) is 5.60. The molecule has 0 saturated carbocycles. The molecule has 0 radical (unpaired) electrons. The number of ether oxygens (including phenoxy) is 1. The van der Waals surface area contributed by atoms with Crippen LogP contribution in [0.2, 0.25) is 0 Å². The topological polar surface area (TPSA) is 69.9 Å². The molecule has 0 aliphatic carbocycles. The van der Waals surface area contributed by atoms with E-state index in [0.717, 1.165) is 0 Å². The molecule has 2 aromatic rings. The number of carbonyl (C=O) groups excluding carboxylic acids is 1. The van der Waals surface area contributed by atoms with Crippen LogP contribution >= 0.6 is 0 Å². The number of carbonyl (C=O) groups is 1. The summed E-state index contributed by atoms with van der Waals surface area (Å²) in [5, 5.41) is 0. The molecular formula is C13H16N4O2. The lowest BCUT2D eigenvalue weighted by Gasteiger charge is -2.15. The largest absolute Gasteiger partial charge is 0.458 e. The fourth-order valence-electron chi connectivity index (χ4n) is 1.70. The van der Waals surface area contributed by atoms with Crippen molar-refractivity contribution >= 4 is 5.97 Å². The van der Waals surface area contributed by atoms with Crippen LogP contribution in [-0.2, 0) is 4.74 Å². The van der Waals surface area contributed by atoms with Gasteiger partial charge in [-0.2, -0.15) is 0 Å². The highest BCUT2D eigenvalue weighted by atomic mass is 16.5. The number of hydrogen-bond acceptors (Lipinski definition) is 5. The first-order valence-electron chi connectivity index (χ1n) is 6.09. The summed E-state index contributed by atoms with van der Waals surface area (Å²) in [6.45, 7) is 5.52. The summed E-state index contributed by atoms with van der Waals surface area (Å²) < 4.78 is 6.89. The third kappa shape index (κ3) is 2.96. The molecule has 0 spiro atoms. The van der Waals surface area contributed by atoms with E-state index >= 15 is 0 Å². The van der Waals surface area contributed by atoms with Gasteiger partial charge in [0.25, 0.3) is 0 Å². The Balaban J connectivity index is 2.27. The average Bonchev–Trinajstić information content (AvgIpc) is 2.87. The lowest BCUT2D eigenvalue weighted by atomic mass is 10.3. The van der Waals surface area contributed by atoms with Gasteiger partial charge < -0.3 is 9.30 Å². The van der Waals surface area contributed by atoms with Crippen LogP contribution in [0, 0.1) is 0 Å². The van der Waals surface area contributed by atoms with Crippen LogP contribution in [0.5, 0.6) is 0 Å². The van der Waals surface area contributed by atoms with Gasteiger partial charge in [0.2, 0.25) is 0 Å². The second-order valence-electron chi connectivity index (χ2n) is 4.42. The molecule has 19 heavy (non-hydrogen) atoms. The minimum atomic E-state index is -0.393. The van der Waals surface area contributed by atoms with E-state index in [2.05, 4.69) is 15.0 Å². The quantitative estimate of drug-likeness (QED) is 0.784. The summed E-state index contributed by atoms with van der Waals surface area (Å²) in [6.07, 6.45) is 6.24. The molecular weight excluding hydrogens is 244 g/mol. The molecule has 2 rings (SSSR count). The Kier molecular flexibility index (Phi) is 3.89. The van der Waals surface area contributed by atoms with E-state index in [1.165, 1.54) is 6.20 Å². The molecule has 0 aromatic carbocycles. The number of esters is 1. The van der Waals surface area contributed by atoms with Crippen molar-refractivity contribution in [3.8, 4) is 0 Å². The molecule has 0 bridgehead atoms. The molecule has 0 N–H and O–H groups in total. The average molecular weight is 260 g/mol. The number of rotatable bonds is 4. The molecule has 100 valence electrons. The lowest BCUT2D eigenvalue weighted by Crippen LogP contribution is -2.19. The molecule has 0 fully saturated rings. The van der Waals surface area contributed by atoms with Gasteiger partial charge in [-0.25, -0.2) is 19.7 Å². The fourth-order valence-corrected chi connectivity index (χ4v) is 1.70. The van der Waals surface area contributed by atoms with E-state index in [1.807, 2.05) is 20.8 Å². The van der Waals surface area contributed by atoms with Crippen molar-refractivity contribution in [2.75, 3.05) is 0 Å². The third-order valence-corrected chi connectivity index (χ3v) is 2.59. The summed E-state index contributed by atoms with van der Waals surface area (Å²) in [6, 6.07) is 1.57. The van der Waals surface area contributed by atoms with Crippen LogP contribution in [0.4, 0.5) is 0 Å². The third-order valence-electron chi connectivity index (χ3n) is 2.59. The van der Waals surface area contributed by atoms with E-state index in [0.29, 0.717) is 11.5 Å². The van der Waals surface area contributed by atoms with Gasteiger partial charge in [-0.15, -0.1) is 0 Å². The van der Waals surface area contributed by atoms with E-state index in [9.17, 15) is 4.79 Å². The highest BCUT2D eigenvalue weighted by Gasteiger charge is 2.20. The van der Waals surface area contributed by atoms with Crippen LogP contribution in [0.1, 0.15) is 43.1 Å². The molecule has 2 heterocycles. The molecule has 6 heteroatoms. The van der Waals surface area contributed by atoms with Crippen molar-refractivity contribution < 1.29 is 9.53 Å². The summed E-state index contributed by atoms with van der Waals surface area (Å²) in [5.74, 6) is 0.231. The van der Waals surface area contributed by atoms with Gasteiger partial charge in [-0.1, -0.05) is 0 Å². The monoisotopic (exact) mass is 260 g/mol. The van der Waals surface area contributed by atoms with E-state index < -0.39 is 5.97 Å². The number of imidazole rings is 1. The van der Waals surface area contributed by atoms with Crippen molar-refractivity contribution in [1.82, 2.24) is 19.5 Å². The van der Waals surface area contributed by atoms with Crippen LogP contribution in [-0.4, -0.2) is 31.6 Å². The summed E-state index contributed by atoms with van der Waals surface area (Å²) >= 11 is 0. The van der Waals surface area contributed by atoms with E-state index in [4.69, 9.17) is 4.74 Å². The zero-order valence-corrected chi connectivity index (χ0v) is 11.1. The number of hydrogen-bond donors (Lipinski definition) is 0. The summed E-state index contributed by atoms with van der Waals surface area (Å²) in [5.41, 5.74) is 0.397. The van der Waals surface area contributed by atoms with E-state index in [1.54, 1.807) is 29.4 Å². The van der Waals surface area contributed by atoms with Gasteiger partial charge >= 0.3 is 5.97 Å². The molecule has 1 unspecified atom stereocenters. The Hall–Kier alpha value is -2.24. The van der Waals surface area contributed by atoms with Gasteiger partial charge in [0, 0.05) is 12.4 Å². The van der Waals surface area contributed by atoms with Crippen LogP contribution in [0.25, 0.3) is 0 Å². The predicted molar refractivity (Wildman–Crippen MR) is 68.6 cm³/mol. The van der Waals surface area contributed by atoms with Crippen molar-refractivity contribution in [3.63, 3.8) is 0 Å². The maximum atomic E-state index is 11.9. The number of nitrogens with zero attached hydrogens (tertiary/aromatic N) is 4. The van der Waals surface area contributed by atoms with E-state index in [-0.39, 0.29) is 12.1 Å². The van der Waals surface area contributed by atoms with Gasteiger partial charge in [0.1, 0.15) is 5.69 Å². The van der Waals surface area contributed by atoms with Gasteiger partial charge in [0.15, 0.2) is 5.82 Å². The van der Waals surface area contributed by atoms with Crippen molar-refractivity contribution in [1.29, 1.82) is 0 Å². The van der Waals surface area contributed by atoms with Crippen molar-refractivity contribution in [3.05, 3.63) is 42.5 Å². The Labute approximate surface area is 111 Å². The first-order chi connectivity index (χ1) is 9.09. The minimum Gasteiger partial charge on any atom is -0.458 e. The summed E-state index contributed by atoms with van der Waals surface area (Å²) in [4.78, 5) is 24.3. The van der Waals surface area contributed by atoms with Crippen LogP contribution in [0.15, 0.2) is 31.0 Å². The van der Waals surface area contributed by atoms with Gasteiger partial charge in [-0.3, -0.25) is 0 Å². The summed E-state index contributed by atoms with van der Waals surface area (Å²) in [7, 11) is 0. The highest BCUT2D eigenvalue weighted by molar-refractivity contribution is 5.87. The maximum absolute atomic E-state index is 11.9. The van der Waals surface area contributed by atoms with Gasteiger partial charge in [0.05, 0.1) is 24.7 Å². The Bertz CT molecular complexity index is 551. The van der Waals surface area contributed by atoms with Crippen molar-refractivity contribution in [2.24, 2.45) is 0 Å². The number of aromatic nitrogens is 4. The maximum Gasteiger partial charge on any atom is 0.356 e. The Morgan fingerprint density at radius 3 is 2.58 bits per heavy atom. The Morgan fingerprint density at radius 1 is 1.26 bits per heavy atom. The fraction of sp³-hybridized carbons (Fsp3) is 0.385. The SMILES string of the molecule is CC(C)OC(=O)c1cncn1C(C)c1ncccn1. The molecule has 6 nitrogen and oxygen atoms in total. The molecule has 0 amide bonds. The van der Waals surface area contributed by atoms with Crippen molar-refractivity contribution in [2.45, 2.75) is 32.9 Å². The molecule has 2 aromatic heterocycles. The molecule has 1 atom stereocenters.